The number of benzene rings is 1. The molecule has 1 aromatic heterocycles. The van der Waals surface area contributed by atoms with Crippen molar-refractivity contribution in [2.75, 3.05) is 0 Å². The number of rotatable bonds is 1. The third kappa shape index (κ3) is 2.11. The van der Waals surface area contributed by atoms with Gasteiger partial charge in [-0.15, -0.1) is 11.3 Å². The van der Waals surface area contributed by atoms with Crippen LogP contribution < -0.4 is 0 Å². The van der Waals surface area contributed by atoms with E-state index >= 15 is 0 Å². The summed E-state index contributed by atoms with van der Waals surface area (Å²) in [4.78, 5) is 1.32. The van der Waals surface area contributed by atoms with Crippen LogP contribution in [0.3, 0.4) is 0 Å². The molecule has 0 spiro atoms. The van der Waals surface area contributed by atoms with Gasteiger partial charge in [0.2, 0.25) is 0 Å². The van der Waals surface area contributed by atoms with Crippen LogP contribution in [-0.4, -0.2) is 0 Å². The third-order valence-electron chi connectivity index (χ3n) is 1.81. The van der Waals surface area contributed by atoms with Crippen molar-refractivity contribution >= 4 is 33.9 Å². The minimum Gasteiger partial charge on any atom is -0.129 e. The highest BCUT2D eigenvalue weighted by molar-refractivity contribution is 14.1. The lowest BCUT2D eigenvalue weighted by atomic mass is 10.1. The van der Waals surface area contributed by atoms with Crippen LogP contribution in [0.15, 0.2) is 36.4 Å². The van der Waals surface area contributed by atoms with E-state index in [1.54, 1.807) is 0 Å². The Labute approximate surface area is 95.8 Å². The molecule has 0 atom stereocenters. The van der Waals surface area contributed by atoms with Crippen LogP contribution in [0, 0.1) is 9.81 Å². The van der Waals surface area contributed by atoms with Crippen LogP contribution in [0.1, 0.15) is 5.56 Å². The summed E-state index contributed by atoms with van der Waals surface area (Å²) in [5.74, 6) is 0. The topological polar surface area (TPSA) is 0 Å². The zero-order chi connectivity index (χ0) is 9.26. The molecule has 0 bridgehead atoms. The zero-order valence-corrected chi connectivity index (χ0v) is 9.93. The van der Waals surface area contributed by atoms with Gasteiger partial charge in [-0.05, 0) is 52.8 Å². The molecule has 65 valence electrons. The lowest BCUT2D eigenvalue weighted by Gasteiger charge is -1.96. The van der Waals surface area contributed by atoms with Gasteiger partial charge in [-0.25, -0.2) is 0 Å². The molecule has 0 amide bonds. The van der Waals surface area contributed by atoms with Crippen LogP contribution in [-0.2, 0) is 0 Å². The van der Waals surface area contributed by atoms with Gasteiger partial charge in [0.05, 0.1) is 2.88 Å². The van der Waals surface area contributed by atoms with Gasteiger partial charge in [-0.2, -0.15) is 0 Å². The summed E-state index contributed by atoms with van der Waals surface area (Å²) in [6.45, 7) is 3.86. The first kappa shape index (κ1) is 9.21. The van der Waals surface area contributed by atoms with Crippen molar-refractivity contribution < 1.29 is 0 Å². The molecule has 1 radical (unpaired) electrons. The van der Waals surface area contributed by atoms with E-state index in [1.165, 1.54) is 13.3 Å². The molecular weight excluding hydrogens is 291 g/mol. The molecule has 0 aliphatic heterocycles. The van der Waals surface area contributed by atoms with E-state index in [0.717, 1.165) is 5.56 Å². The van der Waals surface area contributed by atoms with Crippen molar-refractivity contribution in [2.45, 2.75) is 0 Å². The molecule has 2 heteroatoms. The molecule has 2 aromatic rings. The Morgan fingerprint density at radius 2 is 1.69 bits per heavy atom. The summed E-state index contributed by atoms with van der Waals surface area (Å²) in [6.07, 6.45) is 0. The Bertz CT molecular complexity index is 400. The highest BCUT2D eigenvalue weighted by Gasteiger charge is 1.99. The number of hydrogen-bond acceptors (Lipinski definition) is 1. The summed E-state index contributed by atoms with van der Waals surface area (Å²) in [5.41, 5.74) is 2.34. The second-order valence-corrected chi connectivity index (χ2v) is 5.78. The molecular formula is C11H8IS. The van der Waals surface area contributed by atoms with Gasteiger partial charge < -0.3 is 0 Å². The molecule has 1 aromatic carbocycles. The zero-order valence-electron chi connectivity index (χ0n) is 6.96. The van der Waals surface area contributed by atoms with Crippen molar-refractivity contribution in [3.63, 3.8) is 0 Å². The summed E-state index contributed by atoms with van der Waals surface area (Å²) in [7, 11) is 0. The lowest BCUT2D eigenvalue weighted by Crippen LogP contribution is -1.72. The fourth-order valence-electron chi connectivity index (χ4n) is 1.14. The molecule has 0 fully saturated rings. The monoisotopic (exact) mass is 299 g/mol. The van der Waals surface area contributed by atoms with Crippen LogP contribution in [0.2, 0.25) is 0 Å². The Kier molecular flexibility index (Phi) is 2.69. The first-order valence-corrected chi connectivity index (χ1v) is 5.83. The summed E-state index contributed by atoms with van der Waals surface area (Å²) >= 11 is 4.15. The van der Waals surface area contributed by atoms with E-state index in [4.69, 9.17) is 0 Å². The number of halogens is 1. The van der Waals surface area contributed by atoms with Crippen LogP contribution in [0.5, 0.6) is 0 Å². The number of hydrogen-bond donors (Lipinski definition) is 0. The Morgan fingerprint density at radius 1 is 1.00 bits per heavy atom. The second-order valence-electron chi connectivity index (χ2n) is 2.80. The predicted octanol–water partition coefficient (Wildman–Crippen LogP) is 4.20. The third-order valence-corrected chi connectivity index (χ3v) is 3.75. The molecule has 1 heterocycles. The largest absolute Gasteiger partial charge is 0.129 e. The van der Waals surface area contributed by atoms with Crippen LogP contribution in [0.25, 0.3) is 10.4 Å². The molecule has 0 aliphatic carbocycles. The van der Waals surface area contributed by atoms with E-state index < -0.39 is 0 Å². The predicted molar refractivity (Wildman–Crippen MR) is 66.9 cm³/mol. The van der Waals surface area contributed by atoms with E-state index in [2.05, 4.69) is 53.8 Å². The van der Waals surface area contributed by atoms with Gasteiger partial charge in [0.15, 0.2) is 0 Å². The average molecular weight is 299 g/mol. The Balaban J connectivity index is 2.41. The quantitative estimate of drug-likeness (QED) is 0.692. The van der Waals surface area contributed by atoms with Crippen LogP contribution >= 0.6 is 33.9 Å². The maximum Gasteiger partial charge on any atom is 0.0660 e. The molecule has 0 saturated carbocycles. The molecule has 0 N–H and O–H groups in total. The maximum absolute atomic E-state index is 3.86. The van der Waals surface area contributed by atoms with E-state index in [9.17, 15) is 0 Å². The normalized spacial score (nSPS) is 10.3. The smallest absolute Gasteiger partial charge is 0.0660 e. The fourth-order valence-corrected chi connectivity index (χ4v) is 2.77. The summed E-state index contributed by atoms with van der Waals surface area (Å²) < 4.78 is 1.33. The molecule has 0 unspecified atom stereocenters. The summed E-state index contributed by atoms with van der Waals surface area (Å²) in [5, 5.41) is 0. The molecule has 0 nitrogen and oxygen atoms in total. The van der Waals surface area contributed by atoms with E-state index in [-0.39, 0.29) is 0 Å². The van der Waals surface area contributed by atoms with Gasteiger partial charge in [0, 0.05) is 4.88 Å². The lowest BCUT2D eigenvalue weighted by molar-refractivity contribution is 1.61. The van der Waals surface area contributed by atoms with Crippen LogP contribution in [0.4, 0.5) is 0 Å². The van der Waals surface area contributed by atoms with E-state index in [1.807, 2.05) is 23.5 Å². The molecule has 0 saturated heterocycles. The minimum absolute atomic E-state index is 1.06. The van der Waals surface area contributed by atoms with E-state index in [0.29, 0.717) is 0 Å². The highest BCUT2D eigenvalue weighted by Crippen LogP contribution is 2.28. The molecule has 0 aliphatic rings. The Hall–Kier alpha value is -0.350. The van der Waals surface area contributed by atoms with Crippen molar-refractivity contribution in [1.29, 1.82) is 0 Å². The highest BCUT2D eigenvalue weighted by atomic mass is 127. The average Bonchev–Trinajstić information content (AvgIpc) is 2.53. The van der Waals surface area contributed by atoms with Crippen molar-refractivity contribution in [3.8, 4) is 10.4 Å². The maximum atomic E-state index is 3.86. The molecule has 13 heavy (non-hydrogen) atoms. The second kappa shape index (κ2) is 3.80. The first-order chi connectivity index (χ1) is 6.25. The van der Waals surface area contributed by atoms with Gasteiger partial charge in [0.25, 0.3) is 0 Å². The Morgan fingerprint density at radius 3 is 2.23 bits per heavy atom. The first-order valence-electron chi connectivity index (χ1n) is 3.93. The number of thiophene rings is 1. The van der Waals surface area contributed by atoms with Gasteiger partial charge in [0.1, 0.15) is 0 Å². The van der Waals surface area contributed by atoms with Gasteiger partial charge in [-0.3, -0.25) is 0 Å². The van der Waals surface area contributed by atoms with Crippen molar-refractivity contribution in [3.05, 3.63) is 51.8 Å². The van der Waals surface area contributed by atoms with Crippen molar-refractivity contribution in [1.82, 2.24) is 0 Å². The standard InChI is InChI=1S/C11H8IS/c1-8-2-4-9(5-3-8)10-6-7-11(12)13-10/h2-7H,1H2. The summed E-state index contributed by atoms with van der Waals surface area (Å²) in [6, 6.07) is 12.6. The molecule has 2 rings (SSSR count). The minimum atomic E-state index is 1.06. The van der Waals surface area contributed by atoms with Gasteiger partial charge in [-0.1, -0.05) is 24.3 Å². The van der Waals surface area contributed by atoms with Gasteiger partial charge >= 0.3 is 0 Å². The van der Waals surface area contributed by atoms with Crippen molar-refractivity contribution in [2.24, 2.45) is 0 Å². The fraction of sp³-hybridized carbons (Fsp3) is 0. The SMILES string of the molecule is [CH2]c1ccc(-c2ccc(I)s2)cc1.